The van der Waals surface area contributed by atoms with Gasteiger partial charge in [0.25, 0.3) is 0 Å². The van der Waals surface area contributed by atoms with Crippen molar-refractivity contribution in [2.75, 3.05) is 0 Å². The standard InChI is InChI=1S/C12H13BrO3/c13-9-6-7-4-2-1-3-5-8(7)10(11(9)14)12(15)16/h6,14H,1-5H2,(H,15,16). The monoisotopic (exact) mass is 284 g/mol. The zero-order chi connectivity index (χ0) is 11.7. The first-order valence-corrected chi connectivity index (χ1v) is 6.17. The van der Waals surface area contributed by atoms with Crippen LogP contribution in [0.5, 0.6) is 5.75 Å². The number of benzene rings is 1. The van der Waals surface area contributed by atoms with Crippen LogP contribution in [0, 0.1) is 0 Å². The molecule has 1 aromatic carbocycles. The molecule has 0 bridgehead atoms. The highest BCUT2D eigenvalue weighted by molar-refractivity contribution is 9.10. The Hall–Kier alpha value is -1.03. The maximum Gasteiger partial charge on any atom is 0.339 e. The number of hydrogen-bond acceptors (Lipinski definition) is 2. The molecule has 16 heavy (non-hydrogen) atoms. The molecule has 0 saturated heterocycles. The molecular weight excluding hydrogens is 272 g/mol. The Kier molecular flexibility index (Phi) is 3.19. The van der Waals surface area contributed by atoms with Gasteiger partial charge in [-0.1, -0.05) is 6.42 Å². The van der Waals surface area contributed by atoms with Gasteiger partial charge >= 0.3 is 5.97 Å². The van der Waals surface area contributed by atoms with E-state index in [0.29, 0.717) is 4.47 Å². The molecule has 86 valence electrons. The molecule has 2 N–H and O–H groups in total. The molecule has 0 atom stereocenters. The molecule has 4 heteroatoms. The first-order valence-electron chi connectivity index (χ1n) is 5.37. The molecule has 0 amide bonds. The van der Waals surface area contributed by atoms with Gasteiger partial charge in [-0.3, -0.25) is 0 Å². The van der Waals surface area contributed by atoms with Crippen LogP contribution in [0.25, 0.3) is 0 Å². The van der Waals surface area contributed by atoms with E-state index in [4.69, 9.17) is 5.11 Å². The van der Waals surface area contributed by atoms with E-state index in [0.717, 1.165) is 43.2 Å². The smallest absolute Gasteiger partial charge is 0.339 e. The SMILES string of the molecule is O=C(O)c1c(O)c(Br)cc2c1CCCCC2. The van der Waals surface area contributed by atoms with Crippen molar-refractivity contribution in [1.82, 2.24) is 0 Å². The Morgan fingerprint density at radius 3 is 2.62 bits per heavy atom. The number of carboxylic acid groups (broad SMARTS) is 1. The second-order valence-electron chi connectivity index (χ2n) is 4.09. The molecule has 0 radical (unpaired) electrons. The summed E-state index contributed by atoms with van der Waals surface area (Å²) in [6.07, 6.45) is 4.84. The summed E-state index contributed by atoms with van der Waals surface area (Å²) in [5.41, 5.74) is 1.94. The molecule has 3 nitrogen and oxygen atoms in total. The molecule has 1 aromatic rings. The van der Waals surface area contributed by atoms with E-state index in [1.165, 1.54) is 0 Å². The predicted molar refractivity (Wildman–Crippen MR) is 64.0 cm³/mol. The largest absolute Gasteiger partial charge is 0.506 e. The Morgan fingerprint density at radius 1 is 1.25 bits per heavy atom. The van der Waals surface area contributed by atoms with Gasteiger partial charge in [0.2, 0.25) is 0 Å². The van der Waals surface area contributed by atoms with Crippen LogP contribution in [0.1, 0.15) is 40.7 Å². The number of fused-ring (bicyclic) bond motifs is 1. The number of aromatic hydroxyl groups is 1. The van der Waals surface area contributed by atoms with Gasteiger partial charge in [0.05, 0.1) is 4.47 Å². The molecule has 2 rings (SSSR count). The molecular formula is C12H13BrO3. The third-order valence-electron chi connectivity index (χ3n) is 3.04. The Morgan fingerprint density at radius 2 is 1.94 bits per heavy atom. The van der Waals surface area contributed by atoms with Gasteiger partial charge in [-0.05, 0) is 58.8 Å². The van der Waals surface area contributed by atoms with Gasteiger partial charge in [-0.25, -0.2) is 4.79 Å². The summed E-state index contributed by atoms with van der Waals surface area (Å²) in [6.45, 7) is 0. The quantitative estimate of drug-likeness (QED) is 0.779. The minimum atomic E-state index is -1.04. The fraction of sp³-hybridized carbons (Fsp3) is 0.417. The number of aromatic carboxylic acids is 1. The van der Waals surface area contributed by atoms with E-state index < -0.39 is 5.97 Å². The van der Waals surface area contributed by atoms with Crippen molar-refractivity contribution < 1.29 is 15.0 Å². The molecule has 1 aliphatic rings. The first-order chi connectivity index (χ1) is 7.61. The topological polar surface area (TPSA) is 57.5 Å². The molecule has 1 aliphatic carbocycles. The van der Waals surface area contributed by atoms with E-state index in [9.17, 15) is 9.90 Å². The summed E-state index contributed by atoms with van der Waals surface area (Å²) < 4.78 is 0.477. The summed E-state index contributed by atoms with van der Waals surface area (Å²) in [7, 11) is 0. The van der Waals surface area contributed by atoms with Crippen LogP contribution in [0.3, 0.4) is 0 Å². The van der Waals surface area contributed by atoms with E-state index >= 15 is 0 Å². The van der Waals surface area contributed by atoms with Crippen LogP contribution in [0.2, 0.25) is 0 Å². The van der Waals surface area contributed by atoms with Crippen molar-refractivity contribution in [3.05, 3.63) is 27.2 Å². The lowest BCUT2D eigenvalue weighted by Gasteiger charge is -2.12. The number of carboxylic acids is 1. The van der Waals surface area contributed by atoms with Crippen molar-refractivity contribution in [3.63, 3.8) is 0 Å². The summed E-state index contributed by atoms with van der Waals surface area (Å²) in [5, 5.41) is 18.9. The molecule has 0 aliphatic heterocycles. The molecule has 0 spiro atoms. The lowest BCUT2D eigenvalue weighted by atomic mass is 9.96. The number of aryl methyl sites for hydroxylation is 1. The number of phenols is 1. The van der Waals surface area contributed by atoms with Gasteiger partial charge in [0.1, 0.15) is 11.3 Å². The predicted octanol–water partition coefficient (Wildman–Crippen LogP) is 3.12. The van der Waals surface area contributed by atoms with Crippen LogP contribution >= 0.6 is 15.9 Å². The van der Waals surface area contributed by atoms with Gasteiger partial charge < -0.3 is 10.2 Å². The highest BCUT2D eigenvalue weighted by Gasteiger charge is 2.22. The van der Waals surface area contributed by atoms with Gasteiger partial charge in [0.15, 0.2) is 0 Å². The number of rotatable bonds is 1. The van der Waals surface area contributed by atoms with E-state index in [-0.39, 0.29) is 11.3 Å². The summed E-state index contributed by atoms with van der Waals surface area (Å²) in [6, 6.07) is 1.85. The van der Waals surface area contributed by atoms with Crippen LogP contribution < -0.4 is 0 Å². The minimum Gasteiger partial charge on any atom is -0.506 e. The third-order valence-corrected chi connectivity index (χ3v) is 3.64. The van der Waals surface area contributed by atoms with Crippen molar-refractivity contribution >= 4 is 21.9 Å². The average molecular weight is 285 g/mol. The molecule has 0 unspecified atom stereocenters. The number of hydrogen-bond donors (Lipinski definition) is 2. The fourth-order valence-electron chi connectivity index (χ4n) is 2.26. The Balaban J connectivity index is 2.65. The van der Waals surface area contributed by atoms with Crippen LogP contribution in [-0.2, 0) is 12.8 Å². The zero-order valence-electron chi connectivity index (χ0n) is 8.79. The number of halogens is 1. The van der Waals surface area contributed by atoms with E-state index in [2.05, 4.69) is 15.9 Å². The normalized spacial score (nSPS) is 15.3. The van der Waals surface area contributed by atoms with Crippen molar-refractivity contribution in [3.8, 4) is 5.75 Å². The second-order valence-corrected chi connectivity index (χ2v) is 4.94. The summed E-state index contributed by atoms with van der Waals surface area (Å²) >= 11 is 3.21. The van der Waals surface area contributed by atoms with Crippen molar-refractivity contribution in [1.29, 1.82) is 0 Å². The van der Waals surface area contributed by atoms with E-state index in [1.54, 1.807) is 0 Å². The fourth-order valence-corrected chi connectivity index (χ4v) is 2.74. The number of carbonyl (C=O) groups is 1. The van der Waals surface area contributed by atoms with Crippen LogP contribution in [-0.4, -0.2) is 16.2 Å². The molecule has 0 aromatic heterocycles. The lowest BCUT2D eigenvalue weighted by Crippen LogP contribution is -2.06. The van der Waals surface area contributed by atoms with Crippen LogP contribution in [0.4, 0.5) is 0 Å². The highest BCUT2D eigenvalue weighted by Crippen LogP contribution is 2.36. The molecule has 0 heterocycles. The van der Waals surface area contributed by atoms with Gasteiger partial charge in [-0.2, -0.15) is 0 Å². The Labute approximate surface area is 102 Å². The third kappa shape index (κ3) is 1.94. The molecule has 0 saturated carbocycles. The van der Waals surface area contributed by atoms with Gasteiger partial charge in [-0.15, -0.1) is 0 Å². The lowest BCUT2D eigenvalue weighted by molar-refractivity contribution is 0.0692. The first kappa shape index (κ1) is 11.5. The second kappa shape index (κ2) is 4.45. The molecule has 0 fully saturated rings. The Bertz CT molecular complexity index is 440. The minimum absolute atomic E-state index is 0.0753. The van der Waals surface area contributed by atoms with Gasteiger partial charge in [0, 0.05) is 0 Å². The summed E-state index contributed by atoms with van der Waals surface area (Å²) in [4.78, 5) is 11.2. The maximum absolute atomic E-state index is 11.2. The van der Waals surface area contributed by atoms with E-state index in [1.807, 2.05) is 6.07 Å². The highest BCUT2D eigenvalue weighted by atomic mass is 79.9. The van der Waals surface area contributed by atoms with Crippen molar-refractivity contribution in [2.24, 2.45) is 0 Å². The van der Waals surface area contributed by atoms with Crippen LogP contribution in [0.15, 0.2) is 10.5 Å². The maximum atomic E-state index is 11.2. The summed E-state index contributed by atoms with van der Waals surface area (Å²) in [5.74, 6) is -1.19. The van der Waals surface area contributed by atoms with Crippen molar-refractivity contribution in [2.45, 2.75) is 32.1 Å². The average Bonchev–Trinajstić information content (AvgIpc) is 2.44. The zero-order valence-corrected chi connectivity index (χ0v) is 10.4.